The Kier molecular flexibility index (Phi) is 38.9. The zero-order valence-electron chi connectivity index (χ0n) is 34.6. The van der Waals surface area contributed by atoms with Gasteiger partial charge in [-0.25, -0.2) is 0 Å². The SMILES string of the molecule is CC/C=C/C=C/C=C\C=C/C=C/CCCC(=O)OC(CCCCCCCCCCCC)CC(=O)NC(CO)C(O)CCCCCCCCCCCCC. The molecule has 306 valence electrons. The molecule has 0 radical (unpaired) electrons. The quantitative estimate of drug-likeness (QED) is 0.0333. The molecule has 0 aliphatic carbocycles. The third-order valence-corrected chi connectivity index (χ3v) is 9.74. The number of amides is 1. The summed E-state index contributed by atoms with van der Waals surface area (Å²) in [5.41, 5.74) is 0. The van der Waals surface area contributed by atoms with Gasteiger partial charge < -0.3 is 20.3 Å². The van der Waals surface area contributed by atoms with Crippen LogP contribution in [-0.4, -0.2) is 46.9 Å². The molecule has 0 aromatic heterocycles. The first-order chi connectivity index (χ1) is 26.0. The van der Waals surface area contributed by atoms with Crippen molar-refractivity contribution in [3.8, 4) is 0 Å². The minimum Gasteiger partial charge on any atom is -0.462 e. The number of aliphatic hydroxyl groups excluding tert-OH is 2. The van der Waals surface area contributed by atoms with Gasteiger partial charge in [-0.15, -0.1) is 0 Å². The smallest absolute Gasteiger partial charge is 0.306 e. The van der Waals surface area contributed by atoms with E-state index in [2.05, 4.69) is 32.2 Å². The van der Waals surface area contributed by atoms with Gasteiger partial charge in [0.25, 0.3) is 0 Å². The summed E-state index contributed by atoms with van der Waals surface area (Å²) >= 11 is 0. The van der Waals surface area contributed by atoms with Crippen LogP contribution in [0.5, 0.6) is 0 Å². The van der Waals surface area contributed by atoms with Crippen LogP contribution in [-0.2, 0) is 14.3 Å². The molecule has 0 aliphatic heterocycles. The lowest BCUT2D eigenvalue weighted by molar-refractivity contribution is -0.151. The Morgan fingerprint density at radius 2 is 1.00 bits per heavy atom. The van der Waals surface area contributed by atoms with Crippen molar-refractivity contribution in [2.75, 3.05) is 6.61 Å². The summed E-state index contributed by atoms with van der Waals surface area (Å²) in [5.74, 6) is -0.565. The summed E-state index contributed by atoms with van der Waals surface area (Å²) < 4.78 is 5.85. The monoisotopic (exact) mass is 742 g/mol. The van der Waals surface area contributed by atoms with Gasteiger partial charge in [-0.3, -0.25) is 9.59 Å². The van der Waals surface area contributed by atoms with Crippen LogP contribution in [0.4, 0.5) is 0 Å². The summed E-state index contributed by atoms with van der Waals surface area (Å²) in [6.45, 7) is 6.28. The maximum absolute atomic E-state index is 13.1. The predicted molar refractivity (Wildman–Crippen MR) is 227 cm³/mol. The van der Waals surface area contributed by atoms with Crippen molar-refractivity contribution in [2.24, 2.45) is 0 Å². The molecule has 1 amide bonds. The van der Waals surface area contributed by atoms with Gasteiger partial charge in [0, 0.05) is 6.42 Å². The van der Waals surface area contributed by atoms with Gasteiger partial charge >= 0.3 is 5.97 Å². The highest BCUT2D eigenvalue weighted by Crippen LogP contribution is 2.17. The Hall–Kier alpha value is -2.44. The lowest BCUT2D eigenvalue weighted by Crippen LogP contribution is -2.46. The van der Waals surface area contributed by atoms with E-state index in [-0.39, 0.29) is 24.9 Å². The molecule has 0 spiro atoms. The standard InChI is InChI=1S/C47H83NO5/c1-4-7-10-13-16-19-22-23-25-28-31-34-37-40-47(52)53-43(38-35-32-29-26-21-18-15-12-9-6-3)41-46(51)48-44(42-49)45(50)39-36-33-30-27-24-20-17-14-11-8-5-2/h7,10,13,16,19,22-23,25,28,31,43-45,49-50H,4-6,8-9,11-12,14-15,17-18,20-21,24,26-27,29-30,32-42H2,1-3H3,(H,48,51)/b10-7+,16-13+,22-19-,25-23-,31-28+. The van der Waals surface area contributed by atoms with Crippen molar-refractivity contribution in [1.82, 2.24) is 5.32 Å². The molecule has 0 rings (SSSR count). The van der Waals surface area contributed by atoms with Crippen LogP contribution in [0.2, 0.25) is 0 Å². The van der Waals surface area contributed by atoms with Crippen molar-refractivity contribution in [3.05, 3.63) is 60.8 Å². The van der Waals surface area contributed by atoms with E-state index in [4.69, 9.17) is 4.74 Å². The van der Waals surface area contributed by atoms with E-state index >= 15 is 0 Å². The number of esters is 1. The number of carbonyl (C=O) groups is 2. The van der Waals surface area contributed by atoms with Crippen molar-refractivity contribution in [2.45, 2.75) is 219 Å². The van der Waals surface area contributed by atoms with Crippen LogP contribution in [0.25, 0.3) is 0 Å². The molecule has 0 bridgehead atoms. The number of hydrogen-bond donors (Lipinski definition) is 3. The van der Waals surface area contributed by atoms with Gasteiger partial charge in [-0.1, -0.05) is 210 Å². The van der Waals surface area contributed by atoms with E-state index in [0.29, 0.717) is 25.7 Å². The molecule has 6 heteroatoms. The van der Waals surface area contributed by atoms with E-state index in [9.17, 15) is 19.8 Å². The van der Waals surface area contributed by atoms with Crippen molar-refractivity contribution in [3.63, 3.8) is 0 Å². The molecule has 3 atom stereocenters. The van der Waals surface area contributed by atoms with E-state index in [1.807, 2.05) is 54.7 Å². The zero-order valence-corrected chi connectivity index (χ0v) is 34.6. The molecule has 3 unspecified atom stereocenters. The molecule has 0 fully saturated rings. The molecule has 6 nitrogen and oxygen atoms in total. The number of ether oxygens (including phenoxy) is 1. The van der Waals surface area contributed by atoms with E-state index in [1.165, 1.54) is 96.3 Å². The summed E-state index contributed by atoms with van der Waals surface area (Å²) in [4.78, 5) is 25.9. The number of rotatable bonds is 38. The van der Waals surface area contributed by atoms with E-state index < -0.39 is 18.2 Å². The van der Waals surface area contributed by atoms with Crippen molar-refractivity contribution >= 4 is 11.9 Å². The number of carbonyl (C=O) groups excluding carboxylic acids is 2. The fourth-order valence-electron chi connectivity index (χ4n) is 6.40. The fourth-order valence-corrected chi connectivity index (χ4v) is 6.40. The van der Waals surface area contributed by atoms with Crippen LogP contribution in [0.15, 0.2) is 60.8 Å². The Morgan fingerprint density at radius 1 is 0.566 bits per heavy atom. The average Bonchev–Trinajstić information content (AvgIpc) is 3.15. The molecule has 0 aromatic rings. The summed E-state index contributed by atoms with van der Waals surface area (Å²) in [6.07, 6.45) is 48.5. The number of allylic oxidation sites excluding steroid dienone is 10. The third kappa shape index (κ3) is 36.3. The molecule has 0 saturated carbocycles. The van der Waals surface area contributed by atoms with Crippen molar-refractivity contribution < 1.29 is 24.5 Å². The van der Waals surface area contributed by atoms with Crippen LogP contribution in [0, 0.1) is 0 Å². The highest BCUT2D eigenvalue weighted by molar-refractivity contribution is 5.77. The fraction of sp³-hybridized carbons (Fsp3) is 0.745. The van der Waals surface area contributed by atoms with E-state index in [0.717, 1.165) is 51.4 Å². The minimum absolute atomic E-state index is 0.0487. The summed E-state index contributed by atoms with van der Waals surface area (Å²) in [5, 5.41) is 23.6. The molecule has 3 N–H and O–H groups in total. The predicted octanol–water partition coefficient (Wildman–Crippen LogP) is 12.5. The number of unbranched alkanes of at least 4 members (excludes halogenated alkanes) is 20. The van der Waals surface area contributed by atoms with Gasteiger partial charge in [0.15, 0.2) is 0 Å². The second-order valence-electron chi connectivity index (χ2n) is 14.8. The van der Waals surface area contributed by atoms with Gasteiger partial charge in [-0.05, 0) is 38.5 Å². The normalized spacial score (nSPS) is 14.0. The molecule has 53 heavy (non-hydrogen) atoms. The number of aliphatic hydroxyl groups is 2. The van der Waals surface area contributed by atoms with Crippen LogP contribution < -0.4 is 5.32 Å². The van der Waals surface area contributed by atoms with Crippen LogP contribution in [0.3, 0.4) is 0 Å². The Balaban J connectivity index is 4.70. The van der Waals surface area contributed by atoms with Crippen molar-refractivity contribution in [1.29, 1.82) is 0 Å². The lowest BCUT2D eigenvalue weighted by Gasteiger charge is -2.24. The first-order valence-electron chi connectivity index (χ1n) is 22.1. The van der Waals surface area contributed by atoms with Gasteiger partial charge in [0.2, 0.25) is 5.91 Å². The van der Waals surface area contributed by atoms with Crippen LogP contribution >= 0.6 is 0 Å². The molecular formula is C47H83NO5. The lowest BCUT2D eigenvalue weighted by atomic mass is 10.0. The summed E-state index contributed by atoms with van der Waals surface area (Å²) in [6, 6.07) is -0.713. The molecule has 0 heterocycles. The van der Waals surface area contributed by atoms with Gasteiger partial charge in [0.05, 0.1) is 25.2 Å². The zero-order chi connectivity index (χ0) is 38.9. The van der Waals surface area contributed by atoms with Gasteiger partial charge in [0.1, 0.15) is 6.10 Å². The average molecular weight is 742 g/mol. The topological polar surface area (TPSA) is 95.9 Å². The van der Waals surface area contributed by atoms with Gasteiger partial charge in [-0.2, -0.15) is 0 Å². The molecule has 0 aromatic carbocycles. The Labute approximate surface area is 327 Å². The number of hydrogen-bond acceptors (Lipinski definition) is 5. The van der Waals surface area contributed by atoms with Crippen LogP contribution in [0.1, 0.15) is 201 Å². The Bertz CT molecular complexity index is 968. The third-order valence-electron chi connectivity index (χ3n) is 9.74. The molecular weight excluding hydrogens is 659 g/mol. The second-order valence-corrected chi connectivity index (χ2v) is 14.8. The highest BCUT2D eigenvalue weighted by Gasteiger charge is 2.24. The molecule has 0 aliphatic rings. The Morgan fingerprint density at radius 3 is 1.47 bits per heavy atom. The highest BCUT2D eigenvalue weighted by atomic mass is 16.5. The maximum Gasteiger partial charge on any atom is 0.306 e. The largest absolute Gasteiger partial charge is 0.462 e. The number of nitrogens with one attached hydrogen (secondary N) is 1. The first kappa shape index (κ1) is 50.6. The summed E-state index contributed by atoms with van der Waals surface area (Å²) in [7, 11) is 0. The minimum atomic E-state index is -0.797. The second kappa shape index (κ2) is 40.7. The molecule has 0 saturated heterocycles. The maximum atomic E-state index is 13.1. The van der Waals surface area contributed by atoms with E-state index in [1.54, 1.807) is 0 Å². The first-order valence-corrected chi connectivity index (χ1v) is 22.1.